The van der Waals surface area contributed by atoms with E-state index in [2.05, 4.69) is 6.92 Å². The van der Waals surface area contributed by atoms with Gasteiger partial charge in [0.1, 0.15) is 5.82 Å². The largest absolute Gasteiger partial charge is 0.366 e. The van der Waals surface area contributed by atoms with Crippen molar-refractivity contribution in [3.63, 3.8) is 0 Å². The summed E-state index contributed by atoms with van der Waals surface area (Å²) in [5.41, 5.74) is 0.640. The predicted octanol–water partition coefficient (Wildman–Crippen LogP) is 2.80. The van der Waals surface area contributed by atoms with E-state index in [1.54, 1.807) is 12.1 Å². The molecule has 0 atom stereocenters. The molecule has 0 bridgehead atoms. The average molecular weight is 305 g/mol. The number of benzene rings is 1. The van der Waals surface area contributed by atoms with Crippen molar-refractivity contribution in [2.75, 3.05) is 44.2 Å². The highest BCUT2D eigenvalue weighted by Crippen LogP contribution is 2.22. The molecule has 4 nitrogen and oxygen atoms in total. The normalized spacial score (nSPS) is 20.4. The van der Waals surface area contributed by atoms with E-state index in [1.807, 2.05) is 20.8 Å². The molecule has 120 valence electrons. The fourth-order valence-electron chi connectivity index (χ4n) is 3.25. The van der Waals surface area contributed by atoms with Gasteiger partial charge >= 0.3 is 6.03 Å². The second kappa shape index (κ2) is 6.55. The molecule has 5 heteroatoms. The Morgan fingerprint density at radius 1 is 1.00 bits per heavy atom. The maximum Gasteiger partial charge on any atom is 0.320 e. The summed E-state index contributed by atoms with van der Waals surface area (Å²) in [4.78, 5) is 18.4. The van der Waals surface area contributed by atoms with Crippen molar-refractivity contribution in [1.29, 1.82) is 0 Å². The standard InChI is InChI=1S/C17H24FN3O/c1-14-6-8-20(9-7-14)17(22)21-12-10-19(11-13-21)16-5-3-2-4-15(16)18/h2-5,14H,6-13H2,1H3. The molecule has 1 aromatic carbocycles. The molecule has 0 aromatic heterocycles. The minimum Gasteiger partial charge on any atom is -0.366 e. The van der Waals surface area contributed by atoms with Crippen LogP contribution < -0.4 is 4.90 Å². The van der Waals surface area contributed by atoms with E-state index in [0.717, 1.165) is 31.8 Å². The Labute approximate surface area is 131 Å². The number of hydrogen-bond donors (Lipinski definition) is 0. The first-order chi connectivity index (χ1) is 10.6. The molecule has 2 saturated heterocycles. The molecule has 0 aliphatic carbocycles. The van der Waals surface area contributed by atoms with Crippen LogP contribution in [-0.2, 0) is 0 Å². The van der Waals surface area contributed by atoms with Gasteiger partial charge in [-0.15, -0.1) is 0 Å². The minimum absolute atomic E-state index is 0.153. The first-order valence-corrected chi connectivity index (χ1v) is 8.18. The summed E-state index contributed by atoms with van der Waals surface area (Å²) in [6.07, 6.45) is 2.20. The molecule has 22 heavy (non-hydrogen) atoms. The summed E-state index contributed by atoms with van der Waals surface area (Å²) in [5.74, 6) is 0.536. The average Bonchev–Trinajstić information content (AvgIpc) is 2.56. The Morgan fingerprint density at radius 3 is 2.23 bits per heavy atom. The molecule has 0 saturated carbocycles. The first-order valence-electron chi connectivity index (χ1n) is 8.18. The van der Waals surface area contributed by atoms with Crippen molar-refractivity contribution < 1.29 is 9.18 Å². The van der Waals surface area contributed by atoms with Crippen LogP contribution in [0, 0.1) is 11.7 Å². The molecular weight excluding hydrogens is 281 g/mol. The maximum atomic E-state index is 13.8. The zero-order valence-electron chi connectivity index (χ0n) is 13.2. The van der Waals surface area contributed by atoms with Crippen LogP contribution in [0.5, 0.6) is 0 Å². The van der Waals surface area contributed by atoms with Crippen molar-refractivity contribution >= 4 is 11.7 Å². The highest BCUT2D eigenvalue weighted by molar-refractivity contribution is 5.75. The molecule has 2 aliphatic heterocycles. The maximum absolute atomic E-state index is 13.8. The Balaban J connectivity index is 1.55. The molecule has 2 heterocycles. The van der Waals surface area contributed by atoms with E-state index >= 15 is 0 Å². The highest BCUT2D eigenvalue weighted by atomic mass is 19.1. The summed E-state index contributed by atoms with van der Waals surface area (Å²) >= 11 is 0. The zero-order valence-corrected chi connectivity index (χ0v) is 13.2. The number of amides is 2. The van der Waals surface area contributed by atoms with Gasteiger partial charge in [0.2, 0.25) is 0 Å². The van der Waals surface area contributed by atoms with E-state index in [9.17, 15) is 9.18 Å². The van der Waals surface area contributed by atoms with E-state index in [1.165, 1.54) is 6.07 Å². The molecule has 0 spiro atoms. The molecule has 0 unspecified atom stereocenters. The van der Waals surface area contributed by atoms with Crippen LogP contribution in [0.25, 0.3) is 0 Å². The SMILES string of the molecule is CC1CCN(C(=O)N2CCN(c3ccccc3F)CC2)CC1. The van der Waals surface area contributed by atoms with Gasteiger partial charge in [0.05, 0.1) is 5.69 Å². The third-order valence-electron chi connectivity index (χ3n) is 4.80. The first kappa shape index (κ1) is 15.1. The van der Waals surface area contributed by atoms with Crippen molar-refractivity contribution in [2.45, 2.75) is 19.8 Å². The summed E-state index contributed by atoms with van der Waals surface area (Å²) in [6, 6.07) is 7.00. The summed E-state index contributed by atoms with van der Waals surface area (Å²) in [7, 11) is 0. The quantitative estimate of drug-likeness (QED) is 0.797. The molecule has 2 amide bonds. The number of urea groups is 1. The lowest BCUT2D eigenvalue weighted by molar-refractivity contribution is 0.132. The van der Waals surface area contributed by atoms with Crippen molar-refractivity contribution in [2.24, 2.45) is 5.92 Å². The topological polar surface area (TPSA) is 26.8 Å². The van der Waals surface area contributed by atoms with E-state index in [4.69, 9.17) is 0 Å². The Kier molecular flexibility index (Phi) is 4.50. The number of para-hydroxylation sites is 1. The molecule has 3 rings (SSSR count). The number of likely N-dealkylation sites (tertiary alicyclic amines) is 1. The number of halogens is 1. The van der Waals surface area contributed by atoms with Gasteiger partial charge in [0.25, 0.3) is 0 Å². The van der Waals surface area contributed by atoms with Crippen LogP contribution >= 0.6 is 0 Å². The fourth-order valence-corrected chi connectivity index (χ4v) is 3.25. The third kappa shape index (κ3) is 3.18. The van der Waals surface area contributed by atoms with Gasteiger partial charge in [-0.3, -0.25) is 0 Å². The smallest absolute Gasteiger partial charge is 0.320 e. The van der Waals surface area contributed by atoms with Crippen molar-refractivity contribution in [3.05, 3.63) is 30.1 Å². The van der Waals surface area contributed by atoms with Gasteiger partial charge in [-0.1, -0.05) is 19.1 Å². The molecule has 0 N–H and O–H groups in total. The number of anilines is 1. The Hall–Kier alpha value is -1.78. The van der Waals surface area contributed by atoms with Crippen LogP contribution in [0.15, 0.2) is 24.3 Å². The predicted molar refractivity (Wildman–Crippen MR) is 85.6 cm³/mol. The van der Waals surface area contributed by atoms with Crippen molar-refractivity contribution in [1.82, 2.24) is 9.80 Å². The molecule has 1 aromatic rings. The number of piperidine rings is 1. The van der Waals surface area contributed by atoms with Gasteiger partial charge in [-0.2, -0.15) is 0 Å². The number of piperazine rings is 1. The van der Waals surface area contributed by atoms with Crippen LogP contribution in [0.2, 0.25) is 0 Å². The summed E-state index contributed by atoms with van der Waals surface area (Å²) in [5, 5.41) is 0. The lowest BCUT2D eigenvalue weighted by Crippen LogP contribution is -2.54. The van der Waals surface area contributed by atoms with Gasteiger partial charge in [-0.25, -0.2) is 9.18 Å². The zero-order chi connectivity index (χ0) is 15.5. The van der Waals surface area contributed by atoms with Gasteiger partial charge < -0.3 is 14.7 Å². The van der Waals surface area contributed by atoms with E-state index < -0.39 is 0 Å². The molecule has 0 radical (unpaired) electrons. The van der Waals surface area contributed by atoms with Gasteiger partial charge in [-0.05, 0) is 30.9 Å². The summed E-state index contributed by atoms with van der Waals surface area (Å²) in [6.45, 7) is 6.70. The second-order valence-corrected chi connectivity index (χ2v) is 6.38. The van der Waals surface area contributed by atoms with E-state index in [0.29, 0.717) is 31.9 Å². The number of hydrogen-bond acceptors (Lipinski definition) is 2. The number of rotatable bonds is 1. The highest BCUT2D eigenvalue weighted by Gasteiger charge is 2.28. The molecular formula is C17H24FN3O. The summed E-state index contributed by atoms with van der Waals surface area (Å²) < 4.78 is 13.8. The van der Waals surface area contributed by atoms with E-state index in [-0.39, 0.29) is 11.8 Å². The minimum atomic E-state index is -0.188. The Bertz CT molecular complexity index is 520. The van der Waals surface area contributed by atoms with Gasteiger partial charge in [0.15, 0.2) is 0 Å². The van der Waals surface area contributed by atoms with Crippen LogP contribution in [0.3, 0.4) is 0 Å². The third-order valence-corrected chi connectivity index (χ3v) is 4.80. The number of nitrogens with zero attached hydrogens (tertiary/aromatic N) is 3. The fraction of sp³-hybridized carbons (Fsp3) is 0.588. The molecule has 2 fully saturated rings. The lowest BCUT2D eigenvalue weighted by Gasteiger charge is -2.40. The van der Waals surface area contributed by atoms with Crippen LogP contribution in [0.1, 0.15) is 19.8 Å². The van der Waals surface area contributed by atoms with Crippen LogP contribution in [0.4, 0.5) is 14.9 Å². The molecule has 2 aliphatic rings. The Morgan fingerprint density at radius 2 is 1.59 bits per heavy atom. The van der Waals surface area contributed by atoms with Crippen molar-refractivity contribution in [3.8, 4) is 0 Å². The number of carbonyl (C=O) groups excluding carboxylic acids is 1. The monoisotopic (exact) mass is 305 g/mol. The lowest BCUT2D eigenvalue weighted by atomic mass is 9.99. The van der Waals surface area contributed by atoms with Gasteiger partial charge in [0, 0.05) is 39.3 Å². The number of carbonyl (C=O) groups is 1. The second-order valence-electron chi connectivity index (χ2n) is 6.38. The van der Waals surface area contributed by atoms with Crippen LogP contribution in [-0.4, -0.2) is 55.1 Å².